The third-order valence-corrected chi connectivity index (χ3v) is 5.02. The molecule has 2 aliphatic rings. The zero-order valence-corrected chi connectivity index (χ0v) is 13.2. The van der Waals surface area contributed by atoms with E-state index in [1.165, 1.54) is 12.5 Å². The molecule has 120 valence electrons. The number of hydrogen-bond acceptors (Lipinski definition) is 2. The van der Waals surface area contributed by atoms with Crippen LogP contribution in [0.3, 0.4) is 0 Å². The van der Waals surface area contributed by atoms with Crippen molar-refractivity contribution in [2.45, 2.75) is 38.6 Å². The molecule has 4 heteroatoms. The number of likely N-dealkylation sites (tertiary alicyclic amines) is 1. The SMILES string of the molecule is CC1CC(c2ccccc2F)N(C(=O)CCC2CCNC2)C1. The van der Waals surface area contributed by atoms with Crippen LogP contribution < -0.4 is 5.32 Å². The van der Waals surface area contributed by atoms with E-state index in [1.807, 2.05) is 17.0 Å². The van der Waals surface area contributed by atoms with E-state index in [-0.39, 0.29) is 17.8 Å². The number of rotatable bonds is 4. The van der Waals surface area contributed by atoms with Crippen LogP contribution in [0.15, 0.2) is 24.3 Å². The minimum Gasteiger partial charge on any atom is -0.335 e. The molecule has 0 bridgehead atoms. The second kappa shape index (κ2) is 6.78. The summed E-state index contributed by atoms with van der Waals surface area (Å²) in [7, 11) is 0. The Morgan fingerprint density at radius 2 is 2.23 bits per heavy atom. The standard InChI is InChI=1S/C18H25FN2O/c1-13-10-17(15-4-2-3-5-16(15)19)21(12-13)18(22)7-6-14-8-9-20-11-14/h2-5,13-14,17,20H,6-12H2,1H3. The molecule has 1 amide bonds. The highest BCUT2D eigenvalue weighted by atomic mass is 19.1. The van der Waals surface area contributed by atoms with E-state index in [1.54, 1.807) is 6.07 Å². The number of hydrogen-bond donors (Lipinski definition) is 1. The Labute approximate surface area is 131 Å². The third-order valence-electron chi connectivity index (χ3n) is 5.02. The van der Waals surface area contributed by atoms with Crippen LogP contribution in [0.25, 0.3) is 0 Å². The fourth-order valence-electron chi connectivity index (χ4n) is 3.79. The number of amides is 1. The van der Waals surface area contributed by atoms with Crippen molar-refractivity contribution < 1.29 is 9.18 Å². The van der Waals surface area contributed by atoms with Crippen LogP contribution >= 0.6 is 0 Å². The molecule has 3 rings (SSSR count). The van der Waals surface area contributed by atoms with Crippen molar-refractivity contribution in [1.29, 1.82) is 0 Å². The minimum absolute atomic E-state index is 0.0922. The van der Waals surface area contributed by atoms with Crippen molar-refractivity contribution in [3.63, 3.8) is 0 Å². The van der Waals surface area contributed by atoms with Gasteiger partial charge in [0.1, 0.15) is 5.82 Å². The molecule has 0 aromatic heterocycles. The van der Waals surface area contributed by atoms with E-state index in [4.69, 9.17) is 0 Å². The molecule has 1 N–H and O–H groups in total. The second-order valence-electron chi connectivity index (χ2n) is 6.82. The van der Waals surface area contributed by atoms with Gasteiger partial charge in [-0.25, -0.2) is 4.39 Å². The summed E-state index contributed by atoms with van der Waals surface area (Å²) in [4.78, 5) is 14.5. The number of carbonyl (C=O) groups is 1. The lowest BCUT2D eigenvalue weighted by molar-refractivity contribution is -0.132. The second-order valence-corrected chi connectivity index (χ2v) is 6.82. The molecule has 22 heavy (non-hydrogen) atoms. The first kappa shape index (κ1) is 15.5. The minimum atomic E-state index is -0.195. The van der Waals surface area contributed by atoms with Gasteiger partial charge in [-0.05, 0) is 50.3 Å². The van der Waals surface area contributed by atoms with Gasteiger partial charge in [-0.1, -0.05) is 25.1 Å². The third kappa shape index (κ3) is 3.32. The van der Waals surface area contributed by atoms with Gasteiger partial charge in [0.25, 0.3) is 0 Å². The summed E-state index contributed by atoms with van der Waals surface area (Å²) in [6.07, 6.45) is 3.56. The predicted octanol–water partition coefficient (Wildman–Crippen LogP) is 3.12. The van der Waals surface area contributed by atoms with Crippen LogP contribution in [0.1, 0.15) is 44.2 Å². The van der Waals surface area contributed by atoms with Gasteiger partial charge in [-0.3, -0.25) is 4.79 Å². The lowest BCUT2D eigenvalue weighted by atomic mass is 9.99. The molecule has 3 nitrogen and oxygen atoms in total. The smallest absolute Gasteiger partial charge is 0.223 e. The van der Waals surface area contributed by atoms with Crippen LogP contribution in [0.2, 0.25) is 0 Å². The summed E-state index contributed by atoms with van der Waals surface area (Å²) in [5.74, 6) is 1.04. The maximum Gasteiger partial charge on any atom is 0.223 e. The largest absolute Gasteiger partial charge is 0.335 e. The van der Waals surface area contributed by atoms with E-state index < -0.39 is 0 Å². The molecule has 3 unspecified atom stereocenters. The normalized spacial score (nSPS) is 28.3. The molecular weight excluding hydrogens is 279 g/mol. The van der Waals surface area contributed by atoms with Crippen LogP contribution in [0.4, 0.5) is 4.39 Å². The summed E-state index contributed by atoms with van der Waals surface area (Å²) in [6, 6.07) is 6.78. The Bertz CT molecular complexity index is 528. The molecule has 2 aliphatic heterocycles. The van der Waals surface area contributed by atoms with Gasteiger partial charge in [0.15, 0.2) is 0 Å². The van der Waals surface area contributed by atoms with Crippen molar-refractivity contribution in [1.82, 2.24) is 10.2 Å². The first-order chi connectivity index (χ1) is 10.6. The van der Waals surface area contributed by atoms with Gasteiger partial charge >= 0.3 is 0 Å². The summed E-state index contributed by atoms with van der Waals surface area (Å²) < 4.78 is 14.1. The molecule has 2 heterocycles. The lowest BCUT2D eigenvalue weighted by Gasteiger charge is -2.26. The number of halogens is 1. The Hall–Kier alpha value is -1.42. The average Bonchev–Trinajstić information content (AvgIpc) is 3.14. The highest BCUT2D eigenvalue weighted by Crippen LogP contribution is 2.37. The van der Waals surface area contributed by atoms with Gasteiger partial charge in [0, 0.05) is 18.5 Å². The van der Waals surface area contributed by atoms with Crippen LogP contribution in [0, 0.1) is 17.7 Å². The topological polar surface area (TPSA) is 32.3 Å². The molecule has 2 saturated heterocycles. The van der Waals surface area contributed by atoms with Gasteiger partial charge in [-0.2, -0.15) is 0 Å². The van der Waals surface area contributed by atoms with Crippen LogP contribution in [-0.2, 0) is 4.79 Å². The Morgan fingerprint density at radius 3 is 2.95 bits per heavy atom. The maximum absolute atomic E-state index is 14.1. The number of benzene rings is 1. The van der Waals surface area contributed by atoms with E-state index in [2.05, 4.69) is 12.2 Å². The molecule has 0 radical (unpaired) electrons. The van der Waals surface area contributed by atoms with Gasteiger partial charge in [0.05, 0.1) is 6.04 Å². The fraction of sp³-hybridized carbons (Fsp3) is 0.611. The summed E-state index contributed by atoms with van der Waals surface area (Å²) in [6.45, 7) is 4.99. The zero-order valence-electron chi connectivity index (χ0n) is 13.2. The molecule has 2 fully saturated rings. The molecular formula is C18H25FN2O. The molecule has 0 aliphatic carbocycles. The van der Waals surface area contributed by atoms with Crippen LogP contribution in [0.5, 0.6) is 0 Å². The molecule has 1 aromatic rings. The molecule has 0 saturated carbocycles. The fourth-order valence-corrected chi connectivity index (χ4v) is 3.79. The van der Waals surface area contributed by atoms with E-state index in [9.17, 15) is 9.18 Å². The van der Waals surface area contributed by atoms with Crippen molar-refractivity contribution in [3.8, 4) is 0 Å². The first-order valence-corrected chi connectivity index (χ1v) is 8.39. The summed E-state index contributed by atoms with van der Waals surface area (Å²) >= 11 is 0. The van der Waals surface area contributed by atoms with Crippen molar-refractivity contribution >= 4 is 5.91 Å². The predicted molar refractivity (Wildman–Crippen MR) is 84.8 cm³/mol. The first-order valence-electron chi connectivity index (χ1n) is 8.39. The lowest BCUT2D eigenvalue weighted by Crippen LogP contribution is -2.31. The summed E-state index contributed by atoms with van der Waals surface area (Å²) in [5, 5.41) is 3.34. The number of nitrogens with one attached hydrogen (secondary N) is 1. The average molecular weight is 304 g/mol. The maximum atomic E-state index is 14.1. The highest BCUT2D eigenvalue weighted by Gasteiger charge is 2.35. The van der Waals surface area contributed by atoms with Crippen molar-refractivity contribution in [2.75, 3.05) is 19.6 Å². The van der Waals surface area contributed by atoms with Gasteiger partial charge < -0.3 is 10.2 Å². The Kier molecular flexibility index (Phi) is 4.77. The van der Waals surface area contributed by atoms with Crippen molar-refractivity contribution in [3.05, 3.63) is 35.6 Å². The Morgan fingerprint density at radius 1 is 1.41 bits per heavy atom. The van der Waals surface area contributed by atoms with E-state index >= 15 is 0 Å². The molecule has 3 atom stereocenters. The quantitative estimate of drug-likeness (QED) is 0.927. The van der Waals surface area contributed by atoms with Gasteiger partial charge in [0.2, 0.25) is 5.91 Å². The Balaban J connectivity index is 1.67. The zero-order chi connectivity index (χ0) is 15.5. The van der Waals surface area contributed by atoms with Crippen molar-refractivity contribution in [2.24, 2.45) is 11.8 Å². The molecule has 1 aromatic carbocycles. The summed E-state index contributed by atoms with van der Waals surface area (Å²) in [5.41, 5.74) is 0.669. The highest BCUT2D eigenvalue weighted by molar-refractivity contribution is 5.77. The monoisotopic (exact) mass is 304 g/mol. The number of carbonyl (C=O) groups excluding carboxylic acids is 1. The van der Waals surface area contributed by atoms with E-state index in [0.29, 0.717) is 23.8 Å². The van der Waals surface area contributed by atoms with Gasteiger partial charge in [-0.15, -0.1) is 0 Å². The van der Waals surface area contributed by atoms with Crippen LogP contribution in [-0.4, -0.2) is 30.4 Å². The molecule has 0 spiro atoms. The van der Waals surface area contributed by atoms with E-state index in [0.717, 1.165) is 32.5 Å². The number of nitrogens with zero attached hydrogens (tertiary/aromatic N) is 1.